The zero-order chi connectivity index (χ0) is 29.6. The molecule has 1 N–H and O–H groups in total. The van der Waals surface area contributed by atoms with Crippen LogP contribution in [0.1, 0.15) is 31.4 Å². The third-order valence-corrected chi connectivity index (χ3v) is 9.42. The number of halogens is 4. The average molecular weight is 645 g/mol. The molecule has 0 aliphatic rings. The smallest absolute Gasteiger partial charge is 0.264 e. The summed E-state index contributed by atoms with van der Waals surface area (Å²) in [7, 11) is -4.25. The Bertz CT molecular complexity index is 1460. The SMILES string of the molecule is CCCNC(=O)[C@@H](C)N(Cc1c(Cl)cccc1Cl)C(=O)CN(c1ccc(Cl)c(Cl)c1)S(=O)(=O)c1ccc(C)cc1. The van der Waals surface area contributed by atoms with Gasteiger partial charge in [0.05, 0.1) is 20.6 Å². The molecule has 40 heavy (non-hydrogen) atoms. The van der Waals surface area contributed by atoms with Crippen LogP contribution in [0.25, 0.3) is 0 Å². The zero-order valence-corrected chi connectivity index (χ0v) is 26.0. The number of nitrogens with one attached hydrogen (secondary N) is 1. The molecule has 12 heteroatoms. The lowest BCUT2D eigenvalue weighted by Crippen LogP contribution is -2.51. The van der Waals surface area contributed by atoms with Crippen molar-refractivity contribution in [2.24, 2.45) is 0 Å². The molecule has 0 aromatic heterocycles. The first-order valence-corrected chi connectivity index (χ1v) is 15.4. The lowest BCUT2D eigenvalue weighted by Gasteiger charge is -2.32. The topological polar surface area (TPSA) is 86.8 Å². The Morgan fingerprint density at radius 2 is 1.52 bits per heavy atom. The second-order valence-electron chi connectivity index (χ2n) is 9.11. The Labute approximate surface area is 255 Å². The number of carbonyl (C=O) groups excluding carboxylic acids is 2. The van der Waals surface area contributed by atoms with Gasteiger partial charge in [-0.25, -0.2) is 8.42 Å². The summed E-state index contributed by atoms with van der Waals surface area (Å²) in [5.41, 5.74) is 1.42. The van der Waals surface area contributed by atoms with Crippen molar-refractivity contribution in [1.82, 2.24) is 10.2 Å². The predicted molar refractivity (Wildman–Crippen MR) is 162 cm³/mol. The monoisotopic (exact) mass is 643 g/mol. The van der Waals surface area contributed by atoms with Gasteiger partial charge in [-0.05, 0) is 62.7 Å². The van der Waals surface area contributed by atoms with Crippen molar-refractivity contribution in [2.45, 2.75) is 44.7 Å². The Morgan fingerprint density at radius 3 is 2.10 bits per heavy atom. The van der Waals surface area contributed by atoms with Gasteiger partial charge in [0.2, 0.25) is 11.8 Å². The van der Waals surface area contributed by atoms with E-state index in [2.05, 4.69) is 5.32 Å². The fourth-order valence-corrected chi connectivity index (χ4v) is 6.05. The summed E-state index contributed by atoms with van der Waals surface area (Å²) in [6, 6.07) is 14.5. The maximum absolute atomic E-state index is 14.0. The van der Waals surface area contributed by atoms with Crippen molar-refractivity contribution in [3.63, 3.8) is 0 Å². The van der Waals surface area contributed by atoms with Crippen molar-refractivity contribution in [2.75, 3.05) is 17.4 Å². The van der Waals surface area contributed by atoms with Crippen LogP contribution in [0.5, 0.6) is 0 Å². The first kappa shape index (κ1) is 32.0. The van der Waals surface area contributed by atoms with E-state index in [-0.39, 0.29) is 27.2 Å². The van der Waals surface area contributed by atoms with Gasteiger partial charge in [-0.1, -0.05) is 77.1 Å². The minimum Gasteiger partial charge on any atom is -0.354 e. The van der Waals surface area contributed by atoms with Crippen molar-refractivity contribution >= 4 is 73.9 Å². The van der Waals surface area contributed by atoms with E-state index in [0.29, 0.717) is 28.6 Å². The van der Waals surface area contributed by atoms with Crippen LogP contribution in [-0.2, 0) is 26.2 Å². The molecule has 0 saturated carbocycles. The fraction of sp³-hybridized carbons (Fsp3) is 0.286. The van der Waals surface area contributed by atoms with Crippen LogP contribution < -0.4 is 9.62 Å². The molecule has 0 unspecified atom stereocenters. The molecule has 3 rings (SSSR count). The van der Waals surface area contributed by atoms with Crippen LogP contribution in [0.3, 0.4) is 0 Å². The predicted octanol–water partition coefficient (Wildman–Crippen LogP) is 6.75. The number of amides is 2. The van der Waals surface area contributed by atoms with E-state index in [1.165, 1.54) is 35.2 Å². The largest absolute Gasteiger partial charge is 0.354 e. The van der Waals surface area contributed by atoms with E-state index in [1.54, 1.807) is 37.3 Å². The number of carbonyl (C=O) groups is 2. The molecule has 0 spiro atoms. The van der Waals surface area contributed by atoms with Gasteiger partial charge in [-0.2, -0.15) is 0 Å². The van der Waals surface area contributed by atoms with Gasteiger partial charge in [0.1, 0.15) is 12.6 Å². The third kappa shape index (κ3) is 7.62. The van der Waals surface area contributed by atoms with Gasteiger partial charge in [0.25, 0.3) is 10.0 Å². The molecule has 0 radical (unpaired) electrons. The highest BCUT2D eigenvalue weighted by Gasteiger charge is 2.33. The molecule has 0 bridgehead atoms. The summed E-state index contributed by atoms with van der Waals surface area (Å²) in [4.78, 5) is 28.1. The molecule has 0 aliphatic carbocycles. The van der Waals surface area contributed by atoms with Crippen LogP contribution in [-0.4, -0.2) is 44.3 Å². The molecule has 1 atom stereocenters. The molecule has 3 aromatic carbocycles. The maximum atomic E-state index is 14.0. The number of aryl methyl sites for hydroxylation is 1. The standard InChI is InChI=1S/C28H29Cl4N3O4S/c1-4-14-33-28(37)19(3)34(16-22-23(29)6-5-7-24(22)30)27(36)17-35(20-10-13-25(31)26(32)15-20)40(38,39)21-11-8-18(2)9-12-21/h5-13,15,19H,4,14,16-17H2,1-3H3,(H,33,37)/t19-/m1/s1. The Balaban J connectivity index is 2.08. The molecular formula is C28H29Cl4N3O4S. The molecule has 0 aliphatic heterocycles. The second kappa shape index (κ2) is 13.9. The van der Waals surface area contributed by atoms with E-state index in [4.69, 9.17) is 46.4 Å². The van der Waals surface area contributed by atoms with Crippen molar-refractivity contribution in [3.8, 4) is 0 Å². The summed E-state index contributed by atoms with van der Waals surface area (Å²) in [5.74, 6) is -1.06. The molecule has 7 nitrogen and oxygen atoms in total. The average Bonchev–Trinajstić information content (AvgIpc) is 2.91. The van der Waals surface area contributed by atoms with Crippen LogP contribution in [0.15, 0.2) is 65.6 Å². The summed E-state index contributed by atoms with van der Waals surface area (Å²) < 4.78 is 28.7. The Kier molecular flexibility index (Phi) is 11.1. The second-order valence-corrected chi connectivity index (χ2v) is 12.6. The van der Waals surface area contributed by atoms with Gasteiger partial charge in [0.15, 0.2) is 0 Å². The molecule has 0 saturated heterocycles. The first-order valence-electron chi connectivity index (χ1n) is 12.4. The van der Waals surface area contributed by atoms with Crippen LogP contribution >= 0.6 is 46.4 Å². The molecule has 3 aromatic rings. The number of hydrogen-bond donors (Lipinski definition) is 1. The quantitative estimate of drug-likeness (QED) is 0.250. The molecular weight excluding hydrogens is 616 g/mol. The van der Waals surface area contributed by atoms with Gasteiger partial charge in [0, 0.05) is 28.7 Å². The number of rotatable bonds is 11. The number of benzene rings is 3. The van der Waals surface area contributed by atoms with E-state index in [0.717, 1.165) is 9.87 Å². The summed E-state index contributed by atoms with van der Waals surface area (Å²) in [6.07, 6.45) is 0.697. The van der Waals surface area contributed by atoms with Crippen LogP contribution in [0.2, 0.25) is 20.1 Å². The minimum absolute atomic E-state index is 0.0218. The van der Waals surface area contributed by atoms with Gasteiger partial charge in [-0.3, -0.25) is 13.9 Å². The van der Waals surface area contributed by atoms with Crippen molar-refractivity contribution in [1.29, 1.82) is 0 Å². The molecule has 214 valence electrons. The van der Waals surface area contributed by atoms with Gasteiger partial charge < -0.3 is 10.2 Å². The van der Waals surface area contributed by atoms with Crippen LogP contribution in [0.4, 0.5) is 5.69 Å². The maximum Gasteiger partial charge on any atom is 0.264 e. The van der Waals surface area contributed by atoms with Crippen molar-refractivity contribution in [3.05, 3.63) is 91.9 Å². The number of sulfonamides is 1. The highest BCUT2D eigenvalue weighted by atomic mass is 35.5. The molecule has 2 amide bonds. The third-order valence-electron chi connectivity index (χ3n) is 6.19. The number of anilines is 1. The molecule has 0 heterocycles. The van der Waals surface area contributed by atoms with E-state index in [9.17, 15) is 18.0 Å². The summed E-state index contributed by atoms with van der Waals surface area (Å²) in [6.45, 7) is 4.95. The van der Waals surface area contributed by atoms with E-state index in [1.807, 2.05) is 13.8 Å². The highest BCUT2D eigenvalue weighted by molar-refractivity contribution is 7.92. The number of hydrogen-bond acceptors (Lipinski definition) is 4. The van der Waals surface area contributed by atoms with Gasteiger partial charge in [-0.15, -0.1) is 0 Å². The van der Waals surface area contributed by atoms with E-state index >= 15 is 0 Å². The summed E-state index contributed by atoms with van der Waals surface area (Å²) >= 11 is 25.1. The molecule has 0 fully saturated rings. The first-order chi connectivity index (χ1) is 18.9. The minimum atomic E-state index is -4.25. The van der Waals surface area contributed by atoms with Crippen LogP contribution in [0, 0.1) is 6.92 Å². The lowest BCUT2D eigenvalue weighted by atomic mass is 10.1. The van der Waals surface area contributed by atoms with Crippen molar-refractivity contribution < 1.29 is 18.0 Å². The number of nitrogens with zero attached hydrogens (tertiary/aromatic N) is 2. The Hall–Kier alpha value is -2.49. The zero-order valence-electron chi connectivity index (χ0n) is 22.1. The van der Waals surface area contributed by atoms with Gasteiger partial charge >= 0.3 is 0 Å². The lowest BCUT2D eigenvalue weighted by molar-refractivity contribution is -0.139. The van der Waals surface area contributed by atoms with E-state index < -0.39 is 34.4 Å². The summed E-state index contributed by atoms with van der Waals surface area (Å²) in [5, 5.41) is 3.73. The fourth-order valence-electron chi connectivity index (χ4n) is 3.84. The highest BCUT2D eigenvalue weighted by Crippen LogP contribution is 2.32. The Morgan fingerprint density at radius 1 is 0.900 bits per heavy atom. The normalized spacial score (nSPS) is 12.1.